The summed E-state index contributed by atoms with van der Waals surface area (Å²) in [5.41, 5.74) is -0.318. The molecule has 2 aromatic carbocycles. The number of aliphatic hydroxyl groups is 2. The first-order chi connectivity index (χ1) is 26.2. The molecule has 0 spiro atoms. The molecule has 0 saturated heterocycles. The smallest absolute Gasteiger partial charge is 0.302 e. The van der Waals surface area contributed by atoms with E-state index in [0.29, 0.717) is 0 Å². The molecular weight excluding hydrogens is 724 g/mol. The lowest BCUT2D eigenvalue weighted by Crippen LogP contribution is -2.46. The number of aromatic hydroxyl groups is 2. The highest BCUT2D eigenvalue weighted by atomic mass is 16.7. The quantitative estimate of drug-likeness (QED) is 0.110. The lowest BCUT2D eigenvalue weighted by Gasteiger charge is -2.38. The van der Waals surface area contributed by atoms with Crippen molar-refractivity contribution < 1.29 is 54.2 Å². The molecule has 0 aliphatic carbocycles. The van der Waals surface area contributed by atoms with E-state index in [1.54, 1.807) is 65.8 Å². The number of benzene rings is 2. The van der Waals surface area contributed by atoms with Gasteiger partial charge in [-0.15, -0.1) is 0 Å². The number of amides is 1. The highest BCUT2D eigenvalue weighted by Crippen LogP contribution is 2.49. The fourth-order valence-corrected chi connectivity index (χ4v) is 7.73. The number of hydrogen-bond acceptors (Lipinski definition) is 14. The number of fused-ring (bicyclic) bond motifs is 1. The summed E-state index contributed by atoms with van der Waals surface area (Å²) in [6.07, 6.45) is 3.97. The number of phenols is 2. The number of esters is 1. The summed E-state index contributed by atoms with van der Waals surface area (Å²) in [7, 11) is 1.47. The average Bonchev–Trinajstić information content (AvgIpc) is 3.44. The van der Waals surface area contributed by atoms with Crippen molar-refractivity contribution in [2.45, 2.75) is 105 Å². The van der Waals surface area contributed by atoms with E-state index in [1.165, 1.54) is 27.2 Å². The van der Waals surface area contributed by atoms with Gasteiger partial charge in [0.25, 0.3) is 11.7 Å². The highest BCUT2D eigenvalue weighted by molar-refractivity contribution is 6.21. The van der Waals surface area contributed by atoms with Gasteiger partial charge in [-0.2, -0.15) is 0 Å². The molecule has 15 heteroatoms. The number of ether oxygens (including phenoxy) is 4. The third kappa shape index (κ3) is 7.59. The maximum absolute atomic E-state index is 13.7. The number of rotatable bonds is 2. The molecule has 1 unspecified atom stereocenters. The number of allylic oxidation sites excluding steroid dienone is 2. The predicted octanol–water partition coefficient (Wildman–Crippen LogP) is 4.08. The van der Waals surface area contributed by atoms with Gasteiger partial charge in [0.15, 0.2) is 11.5 Å². The van der Waals surface area contributed by atoms with E-state index in [-0.39, 0.29) is 67.6 Å². The van der Waals surface area contributed by atoms with Crippen LogP contribution in [0.5, 0.6) is 17.2 Å². The topological polar surface area (TPSA) is 221 Å². The molecule has 0 saturated carbocycles. The van der Waals surface area contributed by atoms with Crippen molar-refractivity contribution in [3.63, 3.8) is 0 Å². The van der Waals surface area contributed by atoms with Gasteiger partial charge in [-0.3, -0.25) is 19.6 Å². The van der Waals surface area contributed by atoms with Crippen LogP contribution < -0.4 is 20.8 Å². The van der Waals surface area contributed by atoms with E-state index in [0.717, 1.165) is 0 Å². The van der Waals surface area contributed by atoms with E-state index >= 15 is 0 Å². The second-order valence-electron chi connectivity index (χ2n) is 15.9. The van der Waals surface area contributed by atoms with E-state index in [1.807, 2.05) is 13.8 Å². The van der Waals surface area contributed by atoms with Gasteiger partial charge in [0, 0.05) is 61.2 Å². The number of carbonyl (C=O) groups excluding carboxylic acids is 2. The molecule has 0 aromatic heterocycles. The average molecular weight is 779 g/mol. The van der Waals surface area contributed by atoms with Crippen molar-refractivity contribution in [2.24, 2.45) is 38.8 Å². The summed E-state index contributed by atoms with van der Waals surface area (Å²) >= 11 is 0. The Morgan fingerprint density at radius 3 is 2.29 bits per heavy atom. The van der Waals surface area contributed by atoms with Gasteiger partial charge in [0.05, 0.1) is 53.0 Å². The Labute approximate surface area is 325 Å². The van der Waals surface area contributed by atoms with Crippen molar-refractivity contribution >= 4 is 34.0 Å². The van der Waals surface area contributed by atoms with Crippen LogP contribution in [0.25, 0.3) is 10.8 Å². The Hall–Kier alpha value is -4.99. The molecule has 2 aromatic rings. The van der Waals surface area contributed by atoms with Crippen LogP contribution in [0, 0.1) is 30.6 Å². The standard InChI is InChI=1S/C41H54N4O11/c1-18-13-12-14-19(2)39(51)43-31-30-29(44-40(8,9)17-42-30)26-27(35(31)50)34(49)23(6)37-28(26)38(45-52)41(10,56-37)54-16-15-25(53-11)20(3)36(55-24(7)46)22(5)33(48)21(4)32(18)47/h12-16,18,20-22,25,32-33,36,47-50,52H,17H2,1-11H3,(H,43,51)/b13-12+,16-15+,19-14-,45-38+/t18-,20?,21+,22-,25-,32-,33-,36+,41-/m0/s1. The van der Waals surface area contributed by atoms with Crippen molar-refractivity contribution in [3.8, 4) is 17.2 Å². The largest absolute Gasteiger partial charge is 0.507 e. The normalized spacial score (nSPS) is 33.6. The Balaban J connectivity index is 1.76. The third-order valence-electron chi connectivity index (χ3n) is 11.1. The molecule has 4 bridgehead atoms. The first-order valence-corrected chi connectivity index (χ1v) is 18.7. The summed E-state index contributed by atoms with van der Waals surface area (Å²) in [5.74, 6) is -6.07. The minimum Gasteiger partial charge on any atom is -0.507 e. The summed E-state index contributed by atoms with van der Waals surface area (Å²) in [5, 5.41) is 63.8. The molecule has 9 atom stereocenters. The Bertz CT molecular complexity index is 2160. The van der Waals surface area contributed by atoms with Crippen LogP contribution in [0.2, 0.25) is 0 Å². The summed E-state index contributed by atoms with van der Waals surface area (Å²) in [6, 6.07) is 0. The number of anilines is 1. The van der Waals surface area contributed by atoms with Gasteiger partial charge < -0.3 is 49.9 Å². The van der Waals surface area contributed by atoms with Crippen LogP contribution in [0.1, 0.15) is 73.4 Å². The third-order valence-corrected chi connectivity index (χ3v) is 11.1. The molecule has 5 rings (SSSR count). The summed E-state index contributed by atoms with van der Waals surface area (Å²) in [4.78, 5) is 35.7. The van der Waals surface area contributed by atoms with E-state index < -0.39 is 77.0 Å². The van der Waals surface area contributed by atoms with E-state index in [9.17, 15) is 35.2 Å². The minimum atomic E-state index is -1.80. The molecule has 56 heavy (non-hydrogen) atoms. The van der Waals surface area contributed by atoms with Crippen molar-refractivity contribution in [1.82, 2.24) is 0 Å². The van der Waals surface area contributed by atoms with Crippen LogP contribution in [-0.4, -0.2) is 92.6 Å². The SMILES string of the molecule is CO[C@H]1/C=C/O[C@@]2(C)Oc3c(C)c(O)c4c(O)c(c5c(c4c3/C2=N\O)=NC(C)(C)CN=5)NC(=O)/C(C)=C\C=C\[C@H](C)[C@H](O)[C@@H](C)[C@H](O)[C@H](C)[C@H](OC(C)=O)C1C. The highest BCUT2D eigenvalue weighted by Gasteiger charge is 2.48. The van der Waals surface area contributed by atoms with Gasteiger partial charge in [-0.05, 0) is 33.8 Å². The van der Waals surface area contributed by atoms with Gasteiger partial charge in [0.1, 0.15) is 28.6 Å². The lowest BCUT2D eigenvalue weighted by atomic mass is 9.78. The minimum absolute atomic E-state index is 0.0755. The van der Waals surface area contributed by atoms with Crippen LogP contribution in [0.3, 0.4) is 0 Å². The molecule has 3 heterocycles. The molecule has 0 fully saturated rings. The fourth-order valence-electron chi connectivity index (χ4n) is 7.73. The molecule has 15 nitrogen and oxygen atoms in total. The molecular formula is C41H54N4O11. The van der Waals surface area contributed by atoms with Crippen LogP contribution in [0.4, 0.5) is 5.69 Å². The molecule has 3 aliphatic rings. The number of carbonyl (C=O) groups is 2. The molecule has 1 amide bonds. The molecule has 3 aliphatic heterocycles. The Kier molecular flexibility index (Phi) is 11.9. The van der Waals surface area contributed by atoms with Gasteiger partial charge in [-0.1, -0.05) is 51.1 Å². The first-order valence-electron chi connectivity index (χ1n) is 18.7. The Morgan fingerprint density at radius 2 is 1.66 bits per heavy atom. The van der Waals surface area contributed by atoms with E-state index in [2.05, 4.69) is 10.5 Å². The second-order valence-corrected chi connectivity index (χ2v) is 15.9. The van der Waals surface area contributed by atoms with E-state index in [4.69, 9.17) is 28.9 Å². The number of nitrogens with one attached hydrogen (secondary N) is 1. The number of hydrogen-bond donors (Lipinski definition) is 6. The first kappa shape index (κ1) is 42.2. The number of methoxy groups -OCH3 is 1. The molecule has 6 N–H and O–H groups in total. The van der Waals surface area contributed by atoms with Crippen molar-refractivity contribution in [1.29, 1.82) is 0 Å². The maximum atomic E-state index is 13.7. The molecule has 304 valence electrons. The van der Waals surface area contributed by atoms with Gasteiger partial charge in [0.2, 0.25) is 0 Å². The van der Waals surface area contributed by atoms with Crippen molar-refractivity contribution in [2.75, 3.05) is 19.0 Å². The number of oxime groups is 1. The lowest BCUT2D eigenvalue weighted by molar-refractivity contribution is -0.160. The molecule has 0 radical (unpaired) electrons. The maximum Gasteiger partial charge on any atom is 0.302 e. The zero-order valence-corrected chi connectivity index (χ0v) is 33.7. The fraction of sp³-hybridized carbons (Fsp3) is 0.537. The summed E-state index contributed by atoms with van der Waals surface area (Å²) < 4.78 is 24.1. The second kappa shape index (κ2) is 15.9. The monoisotopic (exact) mass is 778 g/mol. The zero-order chi connectivity index (χ0) is 41.6. The number of phenolic OH excluding ortho intramolecular Hbond substituents is 2. The van der Waals surface area contributed by atoms with Gasteiger partial charge >= 0.3 is 5.97 Å². The van der Waals surface area contributed by atoms with Gasteiger partial charge in [-0.25, -0.2) is 0 Å². The Morgan fingerprint density at radius 1 is 0.982 bits per heavy atom. The number of nitrogens with zero attached hydrogens (tertiary/aromatic N) is 3. The zero-order valence-electron chi connectivity index (χ0n) is 33.7. The van der Waals surface area contributed by atoms with Crippen LogP contribution in [0.15, 0.2) is 51.3 Å². The van der Waals surface area contributed by atoms with Crippen LogP contribution >= 0.6 is 0 Å². The van der Waals surface area contributed by atoms with Crippen LogP contribution in [-0.2, 0) is 23.8 Å². The number of aliphatic hydroxyl groups excluding tert-OH is 2. The predicted molar refractivity (Wildman–Crippen MR) is 207 cm³/mol. The van der Waals surface area contributed by atoms with Crippen molar-refractivity contribution in [3.05, 3.63) is 58.0 Å². The summed E-state index contributed by atoms with van der Waals surface area (Å²) in [6.45, 7) is 16.8.